The van der Waals surface area contributed by atoms with Crippen LogP contribution >= 0.6 is 0 Å². The second-order valence-electron chi connectivity index (χ2n) is 7.41. The van der Waals surface area contributed by atoms with E-state index in [2.05, 4.69) is 16.3 Å². The number of hydrogen-bond acceptors (Lipinski definition) is 4. The smallest absolute Gasteiger partial charge is 0.253 e. The lowest BCUT2D eigenvalue weighted by molar-refractivity contribution is 0.0589. The molecule has 1 aromatic heterocycles. The molecule has 0 aliphatic carbocycles. The molecule has 1 saturated heterocycles. The highest BCUT2D eigenvalue weighted by atomic mass is 16.5. The maximum atomic E-state index is 12.9. The van der Waals surface area contributed by atoms with E-state index >= 15 is 0 Å². The number of carbonyl (C=O) groups excluding carboxylic acids is 1. The van der Waals surface area contributed by atoms with E-state index in [4.69, 9.17) is 4.74 Å². The van der Waals surface area contributed by atoms with E-state index in [9.17, 15) is 4.79 Å². The van der Waals surface area contributed by atoms with E-state index < -0.39 is 0 Å². The van der Waals surface area contributed by atoms with Crippen LogP contribution in [-0.2, 0) is 0 Å². The van der Waals surface area contributed by atoms with Gasteiger partial charge in [0, 0.05) is 42.3 Å². The lowest BCUT2D eigenvalue weighted by Crippen LogP contribution is -2.41. The molecule has 0 saturated carbocycles. The molecule has 144 valence electrons. The van der Waals surface area contributed by atoms with Gasteiger partial charge < -0.3 is 9.64 Å². The Kier molecular flexibility index (Phi) is 4.56. The lowest BCUT2D eigenvalue weighted by Gasteiger charge is -2.32. The molecule has 1 aliphatic rings. The number of amides is 1. The molecule has 5 heteroatoms. The van der Waals surface area contributed by atoms with E-state index in [1.165, 1.54) is 0 Å². The van der Waals surface area contributed by atoms with Crippen molar-refractivity contribution in [2.45, 2.75) is 18.9 Å². The third-order valence-corrected chi connectivity index (χ3v) is 5.54. The van der Waals surface area contributed by atoms with Gasteiger partial charge in [0.05, 0.1) is 6.20 Å². The highest BCUT2D eigenvalue weighted by molar-refractivity contribution is 5.98. The summed E-state index contributed by atoms with van der Waals surface area (Å²) in [6.07, 6.45) is 3.34. The molecule has 0 unspecified atom stereocenters. The first-order valence-electron chi connectivity index (χ1n) is 9.93. The maximum absolute atomic E-state index is 12.9. The first-order valence-corrected chi connectivity index (χ1v) is 9.93. The summed E-state index contributed by atoms with van der Waals surface area (Å²) in [5.74, 6) is 0.654. The Bertz CT molecular complexity index is 1180. The van der Waals surface area contributed by atoms with Crippen LogP contribution < -0.4 is 4.74 Å². The van der Waals surface area contributed by atoms with Crippen molar-refractivity contribution in [3.8, 4) is 5.88 Å². The fraction of sp³-hybridized carbons (Fsp3) is 0.208. The Morgan fingerprint density at radius 1 is 0.897 bits per heavy atom. The van der Waals surface area contributed by atoms with Crippen LogP contribution in [0, 0.1) is 0 Å². The predicted molar refractivity (Wildman–Crippen MR) is 113 cm³/mol. The second-order valence-corrected chi connectivity index (χ2v) is 7.41. The van der Waals surface area contributed by atoms with E-state index in [0.717, 1.165) is 39.9 Å². The van der Waals surface area contributed by atoms with Crippen LogP contribution in [0.15, 0.2) is 72.9 Å². The molecular formula is C24H21N3O2. The number of piperidine rings is 1. The van der Waals surface area contributed by atoms with Gasteiger partial charge in [-0.1, -0.05) is 48.5 Å². The molecule has 1 aliphatic heterocycles. The molecule has 1 amide bonds. The van der Waals surface area contributed by atoms with Gasteiger partial charge in [-0.3, -0.25) is 4.79 Å². The van der Waals surface area contributed by atoms with Crippen molar-refractivity contribution in [1.82, 2.24) is 15.1 Å². The fourth-order valence-electron chi connectivity index (χ4n) is 3.93. The molecule has 0 radical (unpaired) electrons. The van der Waals surface area contributed by atoms with Crippen LogP contribution in [0.1, 0.15) is 23.2 Å². The van der Waals surface area contributed by atoms with Gasteiger partial charge in [0.25, 0.3) is 5.91 Å². The molecule has 0 N–H and O–H groups in total. The zero-order valence-corrected chi connectivity index (χ0v) is 16.0. The van der Waals surface area contributed by atoms with Crippen molar-refractivity contribution >= 4 is 27.5 Å². The number of nitrogens with zero attached hydrogens (tertiary/aromatic N) is 3. The monoisotopic (exact) mass is 383 g/mol. The topological polar surface area (TPSA) is 55.3 Å². The highest BCUT2D eigenvalue weighted by Crippen LogP contribution is 2.25. The summed E-state index contributed by atoms with van der Waals surface area (Å²) in [5.41, 5.74) is 0.739. The van der Waals surface area contributed by atoms with Gasteiger partial charge in [-0.25, -0.2) is 0 Å². The minimum atomic E-state index is 0.0377. The fourth-order valence-corrected chi connectivity index (χ4v) is 3.93. The Balaban J connectivity index is 1.26. The molecule has 2 heterocycles. The van der Waals surface area contributed by atoms with E-state index in [1.807, 2.05) is 65.6 Å². The molecule has 4 aromatic rings. The number of carbonyl (C=O) groups is 1. The minimum Gasteiger partial charge on any atom is -0.473 e. The molecule has 0 atom stereocenters. The van der Waals surface area contributed by atoms with Gasteiger partial charge in [0.1, 0.15) is 6.10 Å². The van der Waals surface area contributed by atoms with Crippen molar-refractivity contribution in [3.63, 3.8) is 0 Å². The quantitative estimate of drug-likeness (QED) is 0.524. The standard InChI is InChI=1S/C24H21N3O2/c28-24(19-10-9-17-5-1-2-6-18(17)15-19)27-13-11-21(12-14-27)29-23-22-8-4-3-7-20(22)16-25-26-23/h1-10,15-16,21H,11-14H2. The summed E-state index contributed by atoms with van der Waals surface area (Å²) in [6.45, 7) is 1.35. The largest absolute Gasteiger partial charge is 0.473 e. The van der Waals surface area contributed by atoms with Crippen LogP contribution in [0.3, 0.4) is 0 Å². The normalized spacial score (nSPS) is 15.0. The third kappa shape index (κ3) is 3.51. The van der Waals surface area contributed by atoms with Crippen molar-refractivity contribution in [1.29, 1.82) is 0 Å². The van der Waals surface area contributed by atoms with Crippen molar-refractivity contribution in [3.05, 3.63) is 78.5 Å². The Hall–Kier alpha value is -3.47. The molecular weight excluding hydrogens is 362 g/mol. The summed E-state index contributed by atoms with van der Waals surface area (Å²) >= 11 is 0. The van der Waals surface area contributed by atoms with Gasteiger partial charge in [-0.2, -0.15) is 5.10 Å². The SMILES string of the molecule is O=C(c1ccc2ccccc2c1)N1CCC(Oc2nncc3ccccc23)CC1. The summed E-state index contributed by atoms with van der Waals surface area (Å²) in [5, 5.41) is 12.4. The van der Waals surface area contributed by atoms with Gasteiger partial charge in [0.15, 0.2) is 0 Å². The van der Waals surface area contributed by atoms with E-state index in [0.29, 0.717) is 19.0 Å². The number of ether oxygens (including phenoxy) is 1. The number of aromatic nitrogens is 2. The van der Waals surface area contributed by atoms with E-state index in [1.54, 1.807) is 6.20 Å². The van der Waals surface area contributed by atoms with Gasteiger partial charge in [-0.15, -0.1) is 5.10 Å². The van der Waals surface area contributed by atoms with E-state index in [-0.39, 0.29) is 12.0 Å². The Labute approximate surface area is 168 Å². The molecule has 0 spiro atoms. The third-order valence-electron chi connectivity index (χ3n) is 5.54. The first kappa shape index (κ1) is 17.6. The number of hydrogen-bond donors (Lipinski definition) is 0. The summed E-state index contributed by atoms with van der Waals surface area (Å²) in [7, 11) is 0. The van der Waals surface area contributed by atoms with Gasteiger partial charge >= 0.3 is 0 Å². The predicted octanol–water partition coefficient (Wildman–Crippen LogP) is 4.47. The molecule has 3 aromatic carbocycles. The van der Waals surface area contributed by atoms with Crippen LogP contribution in [0.25, 0.3) is 21.5 Å². The lowest BCUT2D eigenvalue weighted by atomic mass is 10.0. The summed E-state index contributed by atoms with van der Waals surface area (Å²) < 4.78 is 6.15. The summed E-state index contributed by atoms with van der Waals surface area (Å²) in [4.78, 5) is 14.9. The average molecular weight is 383 g/mol. The second kappa shape index (κ2) is 7.51. The van der Waals surface area contributed by atoms with Gasteiger partial charge in [-0.05, 0) is 29.0 Å². The zero-order valence-electron chi connectivity index (χ0n) is 16.0. The van der Waals surface area contributed by atoms with Crippen LogP contribution in [0.5, 0.6) is 5.88 Å². The first-order chi connectivity index (χ1) is 14.3. The van der Waals surface area contributed by atoms with Crippen LogP contribution in [0.4, 0.5) is 0 Å². The number of benzene rings is 3. The molecule has 5 rings (SSSR count). The van der Waals surface area contributed by atoms with Crippen molar-refractivity contribution < 1.29 is 9.53 Å². The molecule has 29 heavy (non-hydrogen) atoms. The van der Waals surface area contributed by atoms with Gasteiger partial charge in [0.2, 0.25) is 5.88 Å². The Morgan fingerprint density at radius 3 is 2.45 bits per heavy atom. The molecule has 5 nitrogen and oxygen atoms in total. The van der Waals surface area contributed by atoms with Crippen LogP contribution in [0.2, 0.25) is 0 Å². The number of rotatable bonds is 3. The number of likely N-dealkylation sites (tertiary alicyclic amines) is 1. The zero-order chi connectivity index (χ0) is 19.6. The van der Waals surface area contributed by atoms with Crippen LogP contribution in [-0.4, -0.2) is 40.2 Å². The number of fused-ring (bicyclic) bond motifs is 2. The highest BCUT2D eigenvalue weighted by Gasteiger charge is 2.25. The molecule has 1 fully saturated rings. The Morgan fingerprint density at radius 2 is 1.62 bits per heavy atom. The average Bonchev–Trinajstić information content (AvgIpc) is 2.79. The van der Waals surface area contributed by atoms with Crippen molar-refractivity contribution in [2.24, 2.45) is 0 Å². The summed E-state index contributed by atoms with van der Waals surface area (Å²) in [6, 6.07) is 22.0. The van der Waals surface area contributed by atoms with Crippen molar-refractivity contribution in [2.75, 3.05) is 13.1 Å². The maximum Gasteiger partial charge on any atom is 0.253 e. The molecule has 0 bridgehead atoms. The minimum absolute atomic E-state index is 0.0377.